The number of aromatic nitrogens is 2. The third-order valence-corrected chi connectivity index (χ3v) is 4.64. The molecule has 1 heterocycles. The minimum atomic E-state index is -0.725. The number of nitrogens with zero attached hydrogens (tertiary/aromatic N) is 3. The summed E-state index contributed by atoms with van der Waals surface area (Å²) in [4.78, 5) is 26.4. The first-order valence-corrected chi connectivity index (χ1v) is 9.97. The molecule has 162 valence electrons. The number of anilines is 1. The third-order valence-electron chi connectivity index (χ3n) is 4.64. The van der Waals surface area contributed by atoms with Crippen molar-refractivity contribution in [1.82, 2.24) is 25.9 Å². The highest BCUT2D eigenvalue weighted by molar-refractivity contribution is 5.95. The van der Waals surface area contributed by atoms with Crippen molar-refractivity contribution < 1.29 is 14.7 Å². The van der Waals surface area contributed by atoms with Gasteiger partial charge in [-0.3, -0.25) is 10.2 Å². The van der Waals surface area contributed by atoms with Crippen molar-refractivity contribution in [1.29, 1.82) is 0 Å². The van der Waals surface area contributed by atoms with E-state index >= 15 is 0 Å². The van der Waals surface area contributed by atoms with Gasteiger partial charge in [-0.2, -0.15) is 5.10 Å². The number of hydrogen-bond donors (Lipinski definition) is 4. The zero-order chi connectivity index (χ0) is 22.2. The van der Waals surface area contributed by atoms with Gasteiger partial charge in [0.05, 0.1) is 11.9 Å². The molecule has 0 aliphatic heterocycles. The molecule has 0 aliphatic rings. The zero-order valence-corrected chi connectivity index (χ0v) is 17.5. The fourth-order valence-electron chi connectivity index (χ4n) is 3.06. The second kappa shape index (κ2) is 10.1. The first-order valence-electron chi connectivity index (χ1n) is 9.97. The summed E-state index contributed by atoms with van der Waals surface area (Å²) in [5.41, 5.74) is 7.27. The average molecular weight is 422 g/mol. The number of carbonyl (C=O) groups is 2. The fourth-order valence-corrected chi connectivity index (χ4v) is 3.06. The number of likely N-dealkylation sites (N-methyl/N-ethyl adjacent to an activating group) is 1. The number of rotatable bonds is 7. The van der Waals surface area contributed by atoms with Crippen LogP contribution in [0.4, 0.5) is 10.5 Å². The van der Waals surface area contributed by atoms with Gasteiger partial charge in [0.2, 0.25) is 0 Å². The highest BCUT2D eigenvalue weighted by Crippen LogP contribution is 2.18. The van der Waals surface area contributed by atoms with Gasteiger partial charge in [-0.25, -0.2) is 14.9 Å². The number of urea groups is 1. The van der Waals surface area contributed by atoms with E-state index in [4.69, 9.17) is 0 Å². The number of benzene rings is 2. The van der Waals surface area contributed by atoms with Crippen molar-refractivity contribution in [2.45, 2.75) is 13.8 Å². The normalized spacial score (nSPS) is 10.4. The Morgan fingerprint density at radius 1 is 1.10 bits per heavy atom. The van der Waals surface area contributed by atoms with E-state index in [9.17, 15) is 14.7 Å². The topological polar surface area (TPSA) is 112 Å². The Morgan fingerprint density at radius 3 is 2.58 bits per heavy atom. The molecule has 0 bridgehead atoms. The lowest BCUT2D eigenvalue weighted by atomic mass is 10.2. The molecule has 0 spiro atoms. The molecule has 0 fully saturated rings. The highest BCUT2D eigenvalue weighted by atomic mass is 16.3. The van der Waals surface area contributed by atoms with Crippen LogP contribution in [0.15, 0.2) is 60.8 Å². The Kier molecular flexibility index (Phi) is 7.10. The van der Waals surface area contributed by atoms with Crippen LogP contribution in [0.5, 0.6) is 5.75 Å². The SMILES string of the molecule is CCN(CCNC(=O)NNC(=O)c1nn(-c2ccccc2)cc1O)c1cccc(C)c1. The molecule has 0 saturated carbocycles. The predicted octanol–water partition coefficient (Wildman–Crippen LogP) is 2.36. The number of aryl methyl sites for hydroxylation is 1. The van der Waals surface area contributed by atoms with Gasteiger partial charge >= 0.3 is 6.03 Å². The fraction of sp³-hybridized carbons (Fsp3) is 0.227. The van der Waals surface area contributed by atoms with Crippen LogP contribution in [-0.2, 0) is 0 Å². The van der Waals surface area contributed by atoms with E-state index in [2.05, 4.69) is 32.2 Å². The monoisotopic (exact) mass is 422 g/mol. The van der Waals surface area contributed by atoms with E-state index in [1.54, 1.807) is 12.1 Å². The molecule has 3 amide bonds. The predicted molar refractivity (Wildman–Crippen MR) is 118 cm³/mol. The summed E-state index contributed by atoms with van der Waals surface area (Å²) in [6.07, 6.45) is 1.33. The second-order valence-electron chi connectivity index (χ2n) is 6.90. The maximum atomic E-state index is 12.3. The minimum Gasteiger partial charge on any atom is -0.504 e. The van der Waals surface area contributed by atoms with Gasteiger partial charge < -0.3 is 15.3 Å². The van der Waals surface area contributed by atoms with Gasteiger partial charge in [0, 0.05) is 25.3 Å². The average Bonchev–Trinajstić information content (AvgIpc) is 3.17. The molecular weight excluding hydrogens is 396 g/mol. The number of nitrogens with one attached hydrogen (secondary N) is 3. The maximum absolute atomic E-state index is 12.3. The molecule has 0 saturated heterocycles. The summed E-state index contributed by atoms with van der Waals surface area (Å²) >= 11 is 0. The van der Waals surface area contributed by atoms with Crippen LogP contribution >= 0.6 is 0 Å². The molecule has 31 heavy (non-hydrogen) atoms. The summed E-state index contributed by atoms with van der Waals surface area (Å²) < 4.78 is 1.38. The van der Waals surface area contributed by atoms with E-state index < -0.39 is 11.9 Å². The molecule has 3 aromatic rings. The molecule has 9 nitrogen and oxygen atoms in total. The van der Waals surface area contributed by atoms with Gasteiger partial charge in [-0.05, 0) is 43.7 Å². The van der Waals surface area contributed by atoms with Crippen molar-refractivity contribution in [3.8, 4) is 11.4 Å². The highest BCUT2D eigenvalue weighted by Gasteiger charge is 2.17. The Labute approximate surface area is 180 Å². The first-order chi connectivity index (χ1) is 15.0. The minimum absolute atomic E-state index is 0.194. The first kappa shape index (κ1) is 21.7. The molecule has 0 unspecified atom stereocenters. The van der Waals surface area contributed by atoms with Gasteiger partial charge in [-0.1, -0.05) is 30.3 Å². The number of aromatic hydroxyl groups is 1. The van der Waals surface area contributed by atoms with Gasteiger partial charge in [0.15, 0.2) is 11.4 Å². The largest absolute Gasteiger partial charge is 0.504 e. The van der Waals surface area contributed by atoms with Crippen molar-refractivity contribution >= 4 is 17.6 Å². The van der Waals surface area contributed by atoms with Gasteiger partial charge in [0.1, 0.15) is 0 Å². The number of hydrogen-bond acceptors (Lipinski definition) is 5. The van der Waals surface area contributed by atoms with Crippen molar-refractivity contribution in [2.24, 2.45) is 0 Å². The van der Waals surface area contributed by atoms with Crippen LogP contribution in [0.1, 0.15) is 23.0 Å². The standard InChI is InChI=1S/C22H26N6O3/c1-3-27(18-11-7-8-16(2)14-18)13-12-23-22(31)25-24-21(30)20-19(29)15-28(26-20)17-9-5-4-6-10-17/h4-11,14-15,29H,3,12-13H2,1-2H3,(H,24,30)(H2,23,25,31). The summed E-state index contributed by atoms with van der Waals surface area (Å²) in [6.45, 7) is 5.88. The maximum Gasteiger partial charge on any atom is 0.333 e. The molecule has 0 atom stereocenters. The van der Waals surface area contributed by atoms with Crippen LogP contribution in [0.3, 0.4) is 0 Å². The van der Waals surface area contributed by atoms with E-state index in [0.29, 0.717) is 18.8 Å². The molecule has 2 aromatic carbocycles. The molecule has 1 aromatic heterocycles. The lowest BCUT2D eigenvalue weighted by molar-refractivity contribution is 0.0928. The van der Waals surface area contributed by atoms with Crippen LogP contribution < -0.4 is 21.1 Å². The van der Waals surface area contributed by atoms with E-state index in [1.807, 2.05) is 50.2 Å². The summed E-state index contributed by atoms with van der Waals surface area (Å²) in [5, 5.41) is 16.8. The molecule has 3 rings (SSSR count). The lowest BCUT2D eigenvalue weighted by Gasteiger charge is -2.23. The number of para-hydroxylation sites is 1. The summed E-state index contributed by atoms with van der Waals surface area (Å²) in [6, 6.07) is 16.6. The zero-order valence-electron chi connectivity index (χ0n) is 17.5. The Balaban J connectivity index is 1.47. The lowest BCUT2D eigenvalue weighted by Crippen LogP contribution is -2.48. The molecule has 4 N–H and O–H groups in total. The Bertz CT molecular complexity index is 1030. The molecular formula is C22H26N6O3. The van der Waals surface area contributed by atoms with Crippen LogP contribution in [0, 0.1) is 6.92 Å². The van der Waals surface area contributed by atoms with Crippen molar-refractivity contribution in [2.75, 3.05) is 24.5 Å². The molecule has 9 heteroatoms. The van der Waals surface area contributed by atoms with Gasteiger partial charge in [-0.15, -0.1) is 0 Å². The number of amides is 3. The van der Waals surface area contributed by atoms with E-state index in [0.717, 1.165) is 12.2 Å². The quantitative estimate of drug-likeness (QED) is 0.437. The van der Waals surface area contributed by atoms with E-state index in [-0.39, 0.29) is 11.4 Å². The molecule has 0 radical (unpaired) electrons. The van der Waals surface area contributed by atoms with Crippen LogP contribution in [0.25, 0.3) is 5.69 Å². The number of carbonyl (C=O) groups excluding carboxylic acids is 2. The summed E-state index contributed by atoms with van der Waals surface area (Å²) in [5.74, 6) is -1.02. The Hall–Kier alpha value is -4.01. The second-order valence-corrected chi connectivity index (χ2v) is 6.90. The molecule has 0 aliphatic carbocycles. The van der Waals surface area contributed by atoms with Crippen LogP contribution in [0.2, 0.25) is 0 Å². The van der Waals surface area contributed by atoms with Crippen molar-refractivity contribution in [3.05, 3.63) is 72.1 Å². The van der Waals surface area contributed by atoms with Crippen molar-refractivity contribution in [3.63, 3.8) is 0 Å². The van der Waals surface area contributed by atoms with Gasteiger partial charge in [0.25, 0.3) is 5.91 Å². The summed E-state index contributed by atoms with van der Waals surface area (Å²) in [7, 11) is 0. The smallest absolute Gasteiger partial charge is 0.333 e. The Morgan fingerprint density at radius 2 is 1.87 bits per heavy atom. The third kappa shape index (κ3) is 5.75. The van der Waals surface area contributed by atoms with E-state index in [1.165, 1.54) is 16.4 Å². The van der Waals surface area contributed by atoms with Crippen LogP contribution in [-0.4, -0.2) is 46.5 Å². The number of hydrazine groups is 1.